The highest BCUT2D eigenvalue weighted by atomic mass is 127. The van der Waals surface area contributed by atoms with Crippen LogP contribution in [0.4, 0.5) is 0 Å². The van der Waals surface area contributed by atoms with Crippen LogP contribution >= 0.6 is 35.6 Å². The van der Waals surface area contributed by atoms with Gasteiger partial charge < -0.3 is 15.2 Å². The molecule has 0 unspecified atom stereocenters. The molecule has 0 fully saturated rings. The minimum atomic E-state index is 0. The smallest absolute Gasteiger partial charge is 0.228 e. The van der Waals surface area contributed by atoms with Crippen molar-refractivity contribution in [3.05, 3.63) is 52.6 Å². The van der Waals surface area contributed by atoms with Crippen LogP contribution in [-0.4, -0.2) is 45.5 Å². The van der Waals surface area contributed by atoms with Gasteiger partial charge in [-0.1, -0.05) is 16.8 Å². The van der Waals surface area contributed by atoms with E-state index in [1.54, 1.807) is 0 Å². The van der Waals surface area contributed by atoms with E-state index in [9.17, 15) is 0 Å². The summed E-state index contributed by atoms with van der Waals surface area (Å²) in [6, 6.07) is 9.45. The molecule has 168 valence electrons. The summed E-state index contributed by atoms with van der Waals surface area (Å²) in [5.74, 6) is 1.92. The number of hydrogen-bond donors (Lipinski definition) is 2. The Labute approximate surface area is 204 Å². The number of guanidine groups is 1. The molecule has 2 N–H and O–H groups in total. The van der Waals surface area contributed by atoms with Crippen molar-refractivity contribution in [3.8, 4) is 11.4 Å². The Morgan fingerprint density at radius 2 is 1.97 bits per heavy atom. The maximum absolute atomic E-state index is 5.92. The van der Waals surface area contributed by atoms with Gasteiger partial charge in [0.05, 0.1) is 5.69 Å². The zero-order chi connectivity index (χ0) is 21.3. The van der Waals surface area contributed by atoms with Crippen LogP contribution in [0, 0.1) is 13.8 Å². The number of aliphatic imine (C=N–C) groups is 1. The molecular formula is C21H29ClIN7O. The number of nitrogens with zero attached hydrogens (tertiary/aromatic N) is 5. The molecule has 0 atom stereocenters. The Kier molecular flexibility index (Phi) is 10.3. The summed E-state index contributed by atoms with van der Waals surface area (Å²) in [6.45, 7) is 9.15. The molecule has 2 aromatic heterocycles. The van der Waals surface area contributed by atoms with Crippen LogP contribution in [0.15, 0.2) is 39.8 Å². The van der Waals surface area contributed by atoms with E-state index in [1.165, 1.54) is 5.69 Å². The topological polar surface area (TPSA) is 93.2 Å². The van der Waals surface area contributed by atoms with Crippen LogP contribution < -0.4 is 10.6 Å². The molecule has 0 bridgehead atoms. The van der Waals surface area contributed by atoms with E-state index in [1.807, 2.05) is 42.8 Å². The summed E-state index contributed by atoms with van der Waals surface area (Å²) in [5, 5.41) is 15.8. The molecule has 3 rings (SSSR count). The van der Waals surface area contributed by atoms with Crippen molar-refractivity contribution in [2.45, 2.75) is 40.2 Å². The van der Waals surface area contributed by atoms with Gasteiger partial charge in [0.25, 0.3) is 0 Å². The zero-order valence-electron chi connectivity index (χ0n) is 18.1. The maximum atomic E-state index is 5.92. The second-order valence-corrected chi connectivity index (χ2v) is 7.40. The molecule has 0 spiro atoms. The van der Waals surface area contributed by atoms with Crippen LogP contribution in [-0.2, 0) is 13.0 Å². The first-order valence-corrected chi connectivity index (χ1v) is 10.5. The molecule has 10 heteroatoms. The first-order valence-electron chi connectivity index (χ1n) is 10.2. The monoisotopic (exact) mass is 557 g/mol. The zero-order valence-corrected chi connectivity index (χ0v) is 21.1. The minimum absolute atomic E-state index is 0. The summed E-state index contributed by atoms with van der Waals surface area (Å²) in [4.78, 5) is 9.07. The Balaban J connectivity index is 0.00000341. The lowest BCUT2D eigenvalue weighted by atomic mass is 10.2. The minimum Gasteiger partial charge on any atom is -0.357 e. The van der Waals surface area contributed by atoms with E-state index in [2.05, 4.69) is 43.9 Å². The predicted octanol–water partition coefficient (Wildman–Crippen LogP) is 4.01. The number of hydrogen-bond acceptors (Lipinski definition) is 5. The lowest BCUT2D eigenvalue weighted by molar-refractivity contribution is 0.378. The summed E-state index contributed by atoms with van der Waals surface area (Å²) in [5.41, 5.74) is 3.10. The molecule has 0 amide bonds. The van der Waals surface area contributed by atoms with Gasteiger partial charge in [0.2, 0.25) is 11.7 Å². The fraction of sp³-hybridized carbons (Fsp3) is 0.429. The van der Waals surface area contributed by atoms with Crippen molar-refractivity contribution in [1.82, 2.24) is 30.6 Å². The van der Waals surface area contributed by atoms with E-state index in [4.69, 9.17) is 16.1 Å². The fourth-order valence-corrected chi connectivity index (χ4v) is 3.14. The average Bonchev–Trinajstić information content (AvgIpc) is 3.31. The van der Waals surface area contributed by atoms with Crippen LogP contribution in [0.3, 0.4) is 0 Å². The third-order valence-electron chi connectivity index (χ3n) is 4.45. The molecule has 0 radical (unpaired) electrons. The number of rotatable bonds is 9. The van der Waals surface area contributed by atoms with Gasteiger partial charge in [0, 0.05) is 48.9 Å². The van der Waals surface area contributed by atoms with Crippen molar-refractivity contribution >= 4 is 41.5 Å². The summed E-state index contributed by atoms with van der Waals surface area (Å²) >= 11 is 5.92. The fourth-order valence-electron chi connectivity index (χ4n) is 3.01. The molecule has 1 aromatic carbocycles. The van der Waals surface area contributed by atoms with Gasteiger partial charge in [0.1, 0.15) is 0 Å². The predicted molar refractivity (Wildman–Crippen MR) is 134 cm³/mol. The van der Waals surface area contributed by atoms with Crippen molar-refractivity contribution < 1.29 is 4.52 Å². The molecule has 0 saturated carbocycles. The Bertz CT molecular complexity index is 969. The molecule has 2 heterocycles. The third-order valence-corrected chi connectivity index (χ3v) is 4.70. The standard InChI is InChI=1S/C21H28ClN7O.HI/c1-4-23-21(24-11-5-13-29-16(3)14-15(2)27-29)25-12-10-19-26-20(28-30-19)17-6-8-18(22)9-7-17;/h6-9,14H,4-5,10-13H2,1-3H3,(H2,23,24,25);1H. The van der Waals surface area contributed by atoms with Crippen LogP contribution in [0.25, 0.3) is 11.4 Å². The second-order valence-electron chi connectivity index (χ2n) is 6.96. The number of halogens is 2. The lowest BCUT2D eigenvalue weighted by Gasteiger charge is -2.10. The van der Waals surface area contributed by atoms with Crippen LogP contribution in [0.2, 0.25) is 5.02 Å². The van der Waals surface area contributed by atoms with Gasteiger partial charge in [-0.2, -0.15) is 10.1 Å². The largest absolute Gasteiger partial charge is 0.357 e. The normalized spacial score (nSPS) is 11.3. The highest BCUT2D eigenvalue weighted by Gasteiger charge is 2.09. The Hall–Kier alpha value is -2.14. The third kappa shape index (κ3) is 7.80. The molecule has 3 aromatic rings. The second kappa shape index (κ2) is 12.7. The van der Waals surface area contributed by atoms with Gasteiger partial charge in [-0.05, 0) is 57.5 Å². The number of aryl methyl sites for hydroxylation is 3. The van der Waals surface area contributed by atoms with Gasteiger partial charge in [-0.25, -0.2) is 0 Å². The van der Waals surface area contributed by atoms with Crippen molar-refractivity contribution in [2.75, 3.05) is 19.6 Å². The van der Waals surface area contributed by atoms with Gasteiger partial charge in [0.15, 0.2) is 5.96 Å². The van der Waals surface area contributed by atoms with E-state index >= 15 is 0 Å². The number of aromatic nitrogens is 4. The molecule has 8 nitrogen and oxygen atoms in total. The Morgan fingerprint density at radius 3 is 2.65 bits per heavy atom. The SMILES string of the molecule is CCNC(=NCCCn1nc(C)cc1C)NCCc1nc(-c2ccc(Cl)cc2)no1.I. The van der Waals surface area contributed by atoms with Crippen molar-refractivity contribution in [3.63, 3.8) is 0 Å². The maximum Gasteiger partial charge on any atom is 0.228 e. The molecule has 0 aliphatic carbocycles. The van der Waals surface area contributed by atoms with Crippen molar-refractivity contribution in [2.24, 2.45) is 4.99 Å². The van der Waals surface area contributed by atoms with Gasteiger partial charge >= 0.3 is 0 Å². The van der Waals surface area contributed by atoms with Gasteiger partial charge in [-0.15, -0.1) is 24.0 Å². The quantitative estimate of drug-likeness (QED) is 0.179. The summed E-state index contributed by atoms with van der Waals surface area (Å²) < 4.78 is 7.37. The molecule has 0 aliphatic heterocycles. The van der Waals surface area contributed by atoms with E-state index in [0.717, 1.165) is 43.3 Å². The number of nitrogens with one attached hydrogen (secondary N) is 2. The van der Waals surface area contributed by atoms with Crippen molar-refractivity contribution in [1.29, 1.82) is 0 Å². The molecule has 31 heavy (non-hydrogen) atoms. The first kappa shape index (κ1) is 25.1. The molecule has 0 aliphatic rings. The lowest BCUT2D eigenvalue weighted by Crippen LogP contribution is -2.38. The average molecular weight is 558 g/mol. The van der Waals surface area contributed by atoms with Gasteiger partial charge in [-0.3, -0.25) is 9.67 Å². The van der Waals surface area contributed by atoms with Crippen LogP contribution in [0.1, 0.15) is 30.6 Å². The van der Waals surface area contributed by atoms with E-state index in [0.29, 0.717) is 29.7 Å². The van der Waals surface area contributed by atoms with E-state index in [-0.39, 0.29) is 24.0 Å². The summed E-state index contributed by atoms with van der Waals surface area (Å²) in [7, 11) is 0. The van der Waals surface area contributed by atoms with Crippen LogP contribution in [0.5, 0.6) is 0 Å². The highest BCUT2D eigenvalue weighted by Crippen LogP contribution is 2.18. The van der Waals surface area contributed by atoms with E-state index < -0.39 is 0 Å². The highest BCUT2D eigenvalue weighted by molar-refractivity contribution is 14.0. The molecule has 0 saturated heterocycles. The number of benzene rings is 1. The summed E-state index contributed by atoms with van der Waals surface area (Å²) in [6.07, 6.45) is 1.53. The first-order chi connectivity index (χ1) is 14.5. The molecular weight excluding hydrogens is 529 g/mol. The Morgan fingerprint density at radius 1 is 1.19 bits per heavy atom.